The van der Waals surface area contributed by atoms with Crippen molar-refractivity contribution in [1.29, 1.82) is 0 Å². The molecule has 0 saturated carbocycles. The highest BCUT2D eigenvalue weighted by molar-refractivity contribution is 5.90. The number of carbonyl (C=O) groups is 1. The van der Waals surface area contributed by atoms with E-state index in [-0.39, 0.29) is 11.8 Å². The van der Waals surface area contributed by atoms with Crippen LogP contribution in [-0.2, 0) is 6.54 Å². The number of pyridine rings is 1. The fourth-order valence-electron chi connectivity index (χ4n) is 3.54. The van der Waals surface area contributed by atoms with Gasteiger partial charge in [0, 0.05) is 62.2 Å². The molecule has 7 nitrogen and oxygen atoms in total. The van der Waals surface area contributed by atoms with E-state index >= 15 is 0 Å². The molecule has 134 valence electrons. The normalized spacial score (nSPS) is 17.4. The van der Waals surface area contributed by atoms with Crippen LogP contribution in [0, 0.1) is 6.92 Å². The van der Waals surface area contributed by atoms with Crippen LogP contribution in [0.25, 0.3) is 0 Å². The van der Waals surface area contributed by atoms with E-state index in [1.807, 2.05) is 36.4 Å². The second kappa shape index (κ2) is 7.11. The Morgan fingerprint density at radius 3 is 2.88 bits per heavy atom. The molecule has 26 heavy (non-hydrogen) atoms. The third-order valence-electron chi connectivity index (χ3n) is 4.83. The molecule has 0 aliphatic carbocycles. The third kappa shape index (κ3) is 3.37. The van der Waals surface area contributed by atoms with Crippen LogP contribution < -0.4 is 0 Å². The van der Waals surface area contributed by atoms with Crippen molar-refractivity contribution in [3.63, 3.8) is 0 Å². The molecule has 0 spiro atoms. The number of nitrogens with one attached hydrogen (secondary N) is 1. The number of amides is 1. The molecule has 1 amide bonds. The minimum absolute atomic E-state index is 0.0324. The van der Waals surface area contributed by atoms with Gasteiger partial charge < -0.3 is 14.5 Å². The number of H-pyrrole nitrogens is 1. The van der Waals surface area contributed by atoms with E-state index in [1.165, 1.54) is 5.56 Å². The molecule has 0 bridgehead atoms. The van der Waals surface area contributed by atoms with Gasteiger partial charge in [-0.15, -0.1) is 0 Å². The first-order valence-corrected chi connectivity index (χ1v) is 8.91. The minimum Gasteiger partial charge on any atom is -0.338 e. The Balaban J connectivity index is 1.50. The van der Waals surface area contributed by atoms with Crippen LogP contribution in [0.15, 0.2) is 43.1 Å². The number of nitrogens with zero attached hydrogens (tertiary/aromatic N) is 5. The highest BCUT2D eigenvalue weighted by Crippen LogP contribution is 2.27. The summed E-state index contributed by atoms with van der Waals surface area (Å²) in [7, 11) is 0. The Bertz CT molecular complexity index is 884. The van der Waals surface area contributed by atoms with Crippen molar-refractivity contribution in [2.24, 2.45) is 0 Å². The molecule has 1 N–H and O–H groups in total. The summed E-state index contributed by atoms with van der Waals surface area (Å²) in [6, 6.07) is 4.03. The van der Waals surface area contributed by atoms with Crippen LogP contribution in [0.2, 0.25) is 0 Å². The van der Waals surface area contributed by atoms with Crippen molar-refractivity contribution in [2.75, 3.05) is 13.1 Å². The molecule has 4 rings (SSSR count). The number of imidazole rings is 2. The molecule has 1 atom stereocenters. The van der Waals surface area contributed by atoms with E-state index in [9.17, 15) is 4.79 Å². The summed E-state index contributed by atoms with van der Waals surface area (Å²) in [5, 5.41) is 0. The summed E-state index contributed by atoms with van der Waals surface area (Å²) < 4.78 is 2.17. The number of rotatable bonds is 4. The van der Waals surface area contributed by atoms with Gasteiger partial charge in [-0.05, 0) is 37.5 Å². The molecule has 4 heterocycles. The quantitative estimate of drug-likeness (QED) is 0.783. The summed E-state index contributed by atoms with van der Waals surface area (Å²) in [6.07, 6.45) is 11.2. The van der Waals surface area contributed by atoms with Gasteiger partial charge in [-0.3, -0.25) is 9.78 Å². The second-order valence-corrected chi connectivity index (χ2v) is 6.77. The summed E-state index contributed by atoms with van der Waals surface area (Å²) in [5.41, 5.74) is 2.09. The SMILES string of the molecule is Cc1cnc(C(=O)N2CCC[C@H](c3nccn3Cc3ccncc3)C2)[nH]1. The standard InChI is InChI=1S/C19H22N6O/c1-14-11-22-17(23-14)19(26)25-9-2-3-16(13-25)18-21-8-10-24(18)12-15-4-6-20-7-5-15/h4-8,10-11,16H,2-3,9,12-13H2,1H3,(H,22,23)/t16-/m0/s1. The molecule has 1 saturated heterocycles. The minimum atomic E-state index is -0.0324. The van der Waals surface area contributed by atoms with Gasteiger partial charge in [-0.1, -0.05) is 0 Å². The molecule has 1 fully saturated rings. The Kier molecular flexibility index (Phi) is 4.51. The Morgan fingerprint density at radius 2 is 2.12 bits per heavy atom. The third-order valence-corrected chi connectivity index (χ3v) is 4.83. The van der Waals surface area contributed by atoms with E-state index in [2.05, 4.69) is 24.5 Å². The van der Waals surface area contributed by atoms with Crippen molar-refractivity contribution < 1.29 is 4.79 Å². The zero-order valence-corrected chi connectivity index (χ0v) is 14.8. The zero-order valence-electron chi connectivity index (χ0n) is 14.8. The average Bonchev–Trinajstić information content (AvgIpc) is 3.31. The van der Waals surface area contributed by atoms with Crippen LogP contribution in [0.4, 0.5) is 0 Å². The summed E-state index contributed by atoms with van der Waals surface area (Å²) >= 11 is 0. The van der Waals surface area contributed by atoms with Gasteiger partial charge in [0.15, 0.2) is 5.82 Å². The molecule has 0 aromatic carbocycles. The number of hydrogen-bond acceptors (Lipinski definition) is 4. The number of aromatic nitrogens is 5. The second-order valence-electron chi connectivity index (χ2n) is 6.77. The molecular weight excluding hydrogens is 328 g/mol. The lowest BCUT2D eigenvalue weighted by Crippen LogP contribution is -2.40. The number of hydrogen-bond donors (Lipinski definition) is 1. The average molecular weight is 350 g/mol. The Hall–Kier alpha value is -2.96. The predicted molar refractivity (Wildman–Crippen MR) is 96.8 cm³/mol. The Morgan fingerprint density at radius 1 is 1.27 bits per heavy atom. The summed E-state index contributed by atoms with van der Waals surface area (Å²) in [4.78, 5) is 30.5. The van der Waals surface area contributed by atoms with E-state index < -0.39 is 0 Å². The molecule has 3 aromatic heterocycles. The highest BCUT2D eigenvalue weighted by atomic mass is 16.2. The Labute approximate surface area is 152 Å². The lowest BCUT2D eigenvalue weighted by Gasteiger charge is -2.32. The first-order chi connectivity index (χ1) is 12.7. The first-order valence-electron chi connectivity index (χ1n) is 8.91. The molecule has 1 aliphatic rings. The number of likely N-dealkylation sites (tertiary alicyclic amines) is 1. The van der Waals surface area contributed by atoms with Gasteiger partial charge in [-0.2, -0.15) is 0 Å². The molecule has 1 aliphatic heterocycles. The van der Waals surface area contributed by atoms with E-state index in [0.29, 0.717) is 12.4 Å². The van der Waals surface area contributed by atoms with Crippen molar-refractivity contribution >= 4 is 5.91 Å². The van der Waals surface area contributed by atoms with Gasteiger partial charge in [0.1, 0.15) is 5.82 Å². The number of aromatic amines is 1. The predicted octanol–water partition coefficient (Wildman–Crippen LogP) is 2.38. The largest absolute Gasteiger partial charge is 0.338 e. The van der Waals surface area contributed by atoms with Crippen molar-refractivity contribution in [2.45, 2.75) is 32.2 Å². The fraction of sp³-hybridized carbons (Fsp3) is 0.368. The molecule has 3 aromatic rings. The van der Waals surface area contributed by atoms with Crippen molar-refractivity contribution in [3.8, 4) is 0 Å². The highest BCUT2D eigenvalue weighted by Gasteiger charge is 2.29. The maximum atomic E-state index is 12.7. The lowest BCUT2D eigenvalue weighted by atomic mass is 9.97. The van der Waals surface area contributed by atoms with E-state index in [0.717, 1.165) is 37.4 Å². The monoisotopic (exact) mass is 350 g/mol. The summed E-state index contributed by atoms with van der Waals surface area (Å²) in [5.74, 6) is 1.66. The maximum absolute atomic E-state index is 12.7. The topological polar surface area (TPSA) is 79.7 Å². The molecule has 0 radical (unpaired) electrons. The number of aryl methyl sites for hydroxylation is 1. The molecule has 7 heteroatoms. The maximum Gasteiger partial charge on any atom is 0.289 e. The van der Waals surface area contributed by atoms with Gasteiger partial charge in [0.05, 0.1) is 0 Å². The number of carbonyl (C=O) groups excluding carboxylic acids is 1. The van der Waals surface area contributed by atoms with Crippen LogP contribution in [-0.4, -0.2) is 48.4 Å². The van der Waals surface area contributed by atoms with Gasteiger partial charge in [-0.25, -0.2) is 9.97 Å². The first kappa shape index (κ1) is 16.5. The van der Waals surface area contributed by atoms with Crippen molar-refractivity contribution in [3.05, 3.63) is 66.0 Å². The van der Waals surface area contributed by atoms with Gasteiger partial charge in [0.2, 0.25) is 0 Å². The molecular formula is C19H22N6O. The van der Waals surface area contributed by atoms with E-state index in [4.69, 9.17) is 0 Å². The van der Waals surface area contributed by atoms with Crippen LogP contribution in [0.3, 0.4) is 0 Å². The van der Waals surface area contributed by atoms with Gasteiger partial charge in [0.25, 0.3) is 5.91 Å². The van der Waals surface area contributed by atoms with Crippen LogP contribution in [0.5, 0.6) is 0 Å². The van der Waals surface area contributed by atoms with Crippen LogP contribution in [0.1, 0.15) is 46.5 Å². The molecule has 0 unspecified atom stereocenters. The summed E-state index contributed by atoms with van der Waals surface area (Å²) in [6.45, 7) is 4.10. The van der Waals surface area contributed by atoms with Crippen LogP contribution >= 0.6 is 0 Å². The smallest absolute Gasteiger partial charge is 0.289 e. The fourth-order valence-corrected chi connectivity index (χ4v) is 3.54. The zero-order chi connectivity index (χ0) is 17.9. The van der Waals surface area contributed by atoms with Crippen molar-refractivity contribution in [1.82, 2.24) is 29.4 Å². The number of piperidine rings is 1. The lowest BCUT2D eigenvalue weighted by molar-refractivity contribution is 0.0692. The van der Waals surface area contributed by atoms with E-state index in [1.54, 1.807) is 18.6 Å². The van der Waals surface area contributed by atoms with Gasteiger partial charge >= 0.3 is 0 Å².